The Labute approximate surface area is 679 Å². The molecule has 1 aliphatic rings. The first-order valence-electron chi connectivity index (χ1n) is 36.0. The van der Waals surface area contributed by atoms with E-state index in [0.29, 0.717) is 102 Å². The first kappa shape index (κ1) is 89.7. The molecule has 1 aliphatic heterocycles. The lowest BCUT2D eigenvalue weighted by Crippen LogP contribution is -2.43. The largest absolute Gasteiger partial charge is 0.380 e. The Morgan fingerprint density at radius 3 is 1.08 bits per heavy atom. The van der Waals surface area contributed by atoms with Crippen LogP contribution in [0.5, 0.6) is 0 Å². The number of carbonyl (C=O) groups is 5. The van der Waals surface area contributed by atoms with E-state index in [1.54, 1.807) is 57.6 Å². The molecule has 10 aromatic rings. The predicted molar refractivity (Wildman–Crippen MR) is 450 cm³/mol. The van der Waals surface area contributed by atoms with E-state index < -0.39 is 17.7 Å². The summed E-state index contributed by atoms with van der Waals surface area (Å²) in [6.45, 7) is 14.5. The van der Waals surface area contributed by atoms with Crippen molar-refractivity contribution in [1.82, 2.24) is 20.9 Å². The first-order valence-corrected chi connectivity index (χ1v) is 37.6. The van der Waals surface area contributed by atoms with E-state index in [9.17, 15) is 32.8 Å². The summed E-state index contributed by atoms with van der Waals surface area (Å²) in [5.74, 6) is -1.99. The Morgan fingerprint density at radius 2 is 0.735 bits per heavy atom. The molecule has 26 heteroatoms. The van der Waals surface area contributed by atoms with Crippen LogP contribution in [-0.4, -0.2) is 115 Å². The number of nitrogens with one attached hydrogen (secondary N) is 7. The lowest BCUT2D eigenvalue weighted by molar-refractivity contribution is 0.0564. The van der Waals surface area contributed by atoms with Crippen molar-refractivity contribution in [2.45, 2.75) is 79.7 Å². The third-order valence-corrected chi connectivity index (χ3v) is 17.7. The van der Waals surface area contributed by atoms with Crippen molar-refractivity contribution in [2.75, 3.05) is 89.7 Å². The van der Waals surface area contributed by atoms with E-state index in [1.807, 2.05) is 198 Å². The second-order valence-electron chi connectivity index (χ2n) is 26.1. The summed E-state index contributed by atoms with van der Waals surface area (Å²) in [4.78, 5) is 60.5. The van der Waals surface area contributed by atoms with Gasteiger partial charge in [-0.25, -0.2) is 28.0 Å². The first-order chi connectivity index (χ1) is 54.3. The van der Waals surface area contributed by atoms with Crippen molar-refractivity contribution in [3.05, 3.63) is 271 Å². The molecule has 0 radical (unpaired) electrons. The lowest BCUT2D eigenvalue weighted by atomic mass is 9.97. The standard InChI is InChI=1S/C19H21ClN2O3.C18H21ClN2O2.C18H19F2NO2.C17H19ClN2O2.C15H15ClN2O2/c1-24-13-15-12-17(21-19(23)22-8-10-25-11-9-22)6-7-18(15)14-2-4-16(20)5-3-14;1-12(2)20-18(22)21-16-8-9-17(14(10-16)11-23-3)13-4-6-15(19)7-5-13;1-11(2)21-18(22)13-4-6-15(14(8-13)10-23-3)12-5-7-16(19)17(20)9-12;1-3-19-17(21)20-15-8-9-16(13(10-15)11-22-2)12-4-6-14(18)7-5-12;1-20-9-11-8-13(18-15(17)19)6-7-14(11)10-2-4-12(16)5-3-10/h2-7,12H,8-11,13H2,1H3,(H,21,23);4-10,12H,11H2,1-3H3,(H2,20,21,22);4-9,11H,10H2,1-3H3,(H,21,22);4-10H,3,11H2,1-2H3,(H2,19,20,21);2-8H,9H2,1H3,(H3,17,18,19). The number of nitrogens with two attached hydrogens (primary N) is 1. The van der Waals surface area contributed by atoms with Crippen LogP contribution in [0.3, 0.4) is 0 Å². The van der Waals surface area contributed by atoms with Crippen molar-refractivity contribution in [3.63, 3.8) is 0 Å². The molecule has 1 heterocycles. The fourth-order valence-corrected chi connectivity index (χ4v) is 12.1. The molecule has 113 heavy (non-hydrogen) atoms. The zero-order valence-corrected chi connectivity index (χ0v) is 67.7. The number of hydrogen-bond acceptors (Lipinski definition) is 11. The number of carbonyl (C=O) groups excluding carboxylic acids is 5. The van der Waals surface area contributed by atoms with Crippen LogP contribution in [0.4, 0.5) is 50.7 Å². The third-order valence-electron chi connectivity index (χ3n) is 16.6. The molecule has 596 valence electrons. The highest BCUT2D eigenvalue weighted by Crippen LogP contribution is 2.34. The fourth-order valence-electron chi connectivity index (χ4n) is 11.6. The highest BCUT2D eigenvalue weighted by atomic mass is 35.5. The Bertz CT molecular complexity index is 4750. The van der Waals surface area contributed by atoms with Gasteiger partial charge in [-0.1, -0.05) is 131 Å². The molecule has 20 nitrogen and oxygen atoms in total. The molecule has 0 aliphatic carbocycles. The minimum atomic E-state index is -0.910. The van der Waals surface area contributed by atoms with Gasteiger partial charge in [-0.2, -0.15) is 0 Å². The number of anilines is 4. The van der Waals surface area contributed by atoms with Crippen molar-refractivity contribution < 1.29 is 61.2 Å². The van der Waals surface area contributed by atoms with Crippen LogP contribution in [0.15, 0.2) is 206 Å². The molecule has 1 fully saturated rings. The molecule has 0 unspecified atom stereocenters. The van der Waals surface area contributed by atoms with Crippen LogP contribution in [0.25, 0.3) is 55.6 Å². The minimum absolute atomic E-state index is 0.0271. The number of primary amides is 1. The molecule has 10 aromatic carbocycles. The number of rotatable bonds is 23. The van der Waals surface area contributed by atoms with Crippen LogP contribution in [0, 0.1) is 11.6 Å². The maximum atomic E-state index is 13.5. The third kappa shape index (κ3) is 29.2. The summed E-state index contributed by atoms with van der Waals surface area (Å²) < 4.78 is 58.1. The number of benzene rings is 10. The predicted octanol–water partition coefficient (Wildman–Crippen LogP) is 20.6. The number of hydrogen-bond donors (Lipinski definition) is 8. The van der Waals surface area contributed by atoms with Gasteiger partial charge in [-0.3, -0.25) is 4.79 Å². The second-order valence-corrected chi connectivity index (χ2v) is 27.8. The van der Waals surface area contributed by atoms with Crippen LogP contribution >= 0.6 is 46.4 Å². The van der Waals surface area contributed by atoms with Gasteiger partial charge in [0.15, 0.2) is 11.6 Å². The van der Waals surface area contributed by atoms with Gasteiger partial charge in [0, 0.05) is 116 Å². The van der Waals surface area contributed by atoms with Crippen molar-refractivity contribution >= 4 is 99.2 Å². The molecular formula is C87H95Cl4F2N9O11. The highest BCUT2D eigenvalue weighted by molar-refractivity contribution is 6.31. The molecule has 0 atom stereocenters. The van der Waals surface area contributed by atoms with E-state index in [4.69, 9.17) is 80.6 Å². The highest BCUT2D eigenvalue weighted by Gasteiger charge is 2.20. The van der Waals surface area contributed by atoms with Crippen LogP contribution in [0.1, 0.15) is 72.8 Å². The summed E-state index contributed by atoms with van der Waals surface area (Å²) in [5.41, 5.74) is 22.8. The zero-order valence-electron chi connectivity index (χ0n) is 64.6. The number of nitrogens with zero attached hydrogens (tertiary/aromatic N) is 1. The molecule has 1 saturated heterocycles. The molecule has 0 aromatic heterocycles. The molecular weight excluding hydrogens is 1530 g/mol. The Balaban J connectivity index is 0.000000196. The Morgan fingerprint density at radius 1 is 0.407 bits per heavy atom. The summed E-state index contributed by atoms with van der Waals surface area (Å²) in [6, 6.07) is 61.3. The number of halogens is 6. The van der Waals surface area contributed by atoms with Crippen molar-refractivity contribution in [3.8, 4) is 55.6 Å². The molecule has 11 rings (SSSR count). The maximum Gasteiger partial charge on any atom is 0.321 e. The average Bonchev–Trinajstić information content (AvgIpc) is 0.840. The van der Waals surface area contributed by atoms with E-state index in [1.165, 1.54) is 13.2 Å². The number of ether oxygens (including phenoxy) is 6. The summed E-state index contributed by atoms with van der Waals surface area (Å²) in [5, 5.41) is 22.2. The van der Waals surface area contributed by atoms with Crippen LogP contribution in [-0.2, 0) is 61.5 Å². The molecule has 0 bridgehead atoms. The number of amides is 9. The summed E-state index contributed by atoms with van der Waals surface area (Å²) in [6.07, 6.45) is 0. The maximum absolute atomic E-state index is 13.5. The van der Waals surface area contributed by atoms with Gasteiger partial charge >= 0.3 is 24.1 Å². The summed E-state index contributed by atoms with van der Waals surface area (Å²) in [7, 11) is 8.12. The van der Waals surface area contributed by atoms with Gasteiger partial charge in [0.1, 0.15) is 0 Å². The Kier molecular flexibility index (Phi) is 36.9. The smallest absolute Gasteiger partial charge is 0.321 e. The van der Waals surface area contributed by atoms with Gasteiger partial charge in [-0.15, -0.1) is 0 Å². The SMILES string of the molecule is CCNC(=O)Nc1ccc(-c2ccc(Cl)cc2)c(COC)c1.COCc1cc(C(=O)NC(C)C)ccc1-c1ccc(F)c(F)c1.COCc1cc(NC(=O)N2CCOCC2)ccc1-c1ccc(Cl)cc1.COCc1cc(NC(=O)NC(C)C)ccc1-c1ccc(Cl)cc1.COCc1cc(NC(N)=O)ccc1-c1ccc(Cl)cc1. The quantitative estimate of drug-likeness (QED) is 0.0299. The van der Waals surface area contributed by atoms with E-state index in [-0.39, 0.29) is 42.7 Å². The molecule has 0 spiro atoms. The van der Waals surface area contributed by atoms with Crippen LogP contribution < -0.4 is 43.0 Å². The monoisotopic (exact) mass is 1620 g/mol. The van der Waals surface area contributed by atoms with E-state index in [0.717, 1.165) is 102 Å². The normalized spacial score (nSPS) is 11.4. The van der Waals surface area contributed by atoms with Gasteiger partial charge in [0.25, 0.3) is 5.91 Å². The van der Waals surface area contributed by atoms with Crippen LogP contribution in [0.2, 0.25) is 20.1 Å². The molecule has 9 amide bonds. The van der Waals surface area contributed by atoms with E-state index >= 15 is 0 Å². The van der Waals surface area contributed by atoms with Crippen molar-refractivity contribution in [1.29, 1.82) is 0 Å². The zero-order chi connectivity index (χ0) is 81.9. The summed E-state index contributed by atoms with van der Waals surface area (Å²) >= 11 is 23.7. The fraction of sp³-hybridized carbons (Fsp3) is 0.253. The van der Waals surface area contributed by atoms with E-state index in [2.05, 4.69) is 37.2 Å². The van der Waals surface area contributed by atoms with Gasteiger partial charge < -0.3 is 76.3 Å². The van der Waals surface area contributed by atoms with Gasteiger partial charge in [-0.05, 0) is 239 Å². The lowest BCUT2D eigenvalue weighted by Gasteiger charge is -2.27. The second kappa shape index (κ2) is 46.5. The number of morpholine rings is 1. The average molecular weight is 1620 g/mol. The number of methoxy groups -OCH3 is 5. The van der Waals surface area contributed by atoms with Crippen molar-refractivity contribution in [2.24, 2.45) is 5.73 Å². The Hall–Kier alpha value is -10.5. The van der Waals surface area contributed by atoms with Gasteiger partial charge in [0.2, 0.25) is 0 Å². The minimum Gasteiger partial charge on any atom is -0.380 e. The molecule has 0 saturated carbocycles. The molecule has 9 N–H and O–H groups in total. The topological polar surface area (TPSA) is 254 Å². The number of urea groups is 4. The van der Waals surface area contributed by atoms with Gasteiger partial charge in [0.05, 0.1) is 46.2 Å².